The van der Waals surface area contributed by atoms with Crippen molar-refractivity contribution in [3.63, 3.8) is 0 Å². The van der Waals surface area contributed by atoms with Crippen LogP contribution >= 0.6 is 0 Å². The van der Waals surface area contributed by atoms with Gasteiger partial charge in [-0.05, 0) is 31.6 Å². The molecule has 0 saturated carbocycles. The largest absolute Gasteiger partial charge is 0.481 e. The quantitative estimate of drug-likeness (QED) is 0.837. The van der Waals surface area contributed by atoms with Crippen molar-refractivity contribution in [1.29, 1.82) is 0 Å². The molecule has 116 valence electrons. The lowest BCUT2D eigenvalue weighted by Gasteiger charge is -2.34. The molecule has 2 N–H and O–H groups in total. The van der Waals surface area contributed by atoms with E-state index in [9.17, 15) is 9.59 Å². The second-order valence-corrected chi connectivity index (χ2v) is 7.88. The Kier molecular flexibility index (Phi) is 4.72. The third-order valence-corrected chi connectivity index (χ3v) is 3.63. The van der Waals surface area contributed by atoms with Gasteiger partial charge in [-0.2, -0.15) is 0 Å². The molecular formula is C15H28N2O3. The number of hydrogen-bond donors (Lipinski definition) is 2. The monoisotopic (exact) mass is 284 g/mol. The van der Waals surface area contributed by atoms with Crippen molar-refractivity contribution < 1.29 is 14.7 Å². The summed E-state index contributed by atoms with van der Waals surface area (Å²) in [6.07, 6.45) is 0.859. The van der Waals surface area contributed by atoms with Crippen LogP contribution < -0.4 is 5.32 Å². The fourth-order valence-corrected chi connectivity index (χ4v) is 3.19. The summed E-state index contributed by atoms with van der Waals surface area (Å²) in [5.41, 5.74) is -0.182. The van der Waals surface area contributed by atoms with Gasteiger partial charge in [0, 0.05) is 18.6 Å². The zero-order valence-corrected chi connectivity index (χ0v) is 13.5. The number of amides is 2. The van der Waals surface area contributed by atoms with Gasteiger partial charge in [-0.25, -0.2) is 4.79 Å². The Labute approximate surface area is 121 Å². The Morgan fingerprint density at radius 3 is 2.15 bits per heavy atom. The van der Waals surface area contributed by atoms with Gasteiger partial charge in [0.1, 0.15) is 0 Å². The number of nitrogens with one attached hydrogen (secondary N) is 1. The van der Waals surface area contributed by atoms with Gasteiger partial charge >= 0.3 is 12.0 Å². The van der Waals surface area contributed by atoms with Crippen molar-refractivity contribution in [3.8, 4) is 0 Å². The van der Waals surface area contributed by atoms with E-state index in [4.69, 9.17) is 5.11 Å². The minimum absolute atomic E-state index is 0.00368. The summed E-state index contributed by atoms with van der Waals surface area (Å²) in [5, 5.41) is 12.1. The zero-order chi connectivity index (χ0) is 15.7. The van der Waals surface area contributed by atoms with Crippen LogP contribution in [0.25, 0.3) is 0 Å². The van der Waals surface area contributed by atoms with Gasteiger partial charge in [0.25, 0.3) is 0 Å². The number of aliphatic carboxylic acids is 1. The average molecular weight is 284 g/mol. The number of rotatable bonds is 3. The topological polar surface area (TPSA) is 69.6 Å². The predicted octanol–water partition coefficient (Wildman–Crippen LogP) is 2.56. The van der Waals surface area contributed by atoms with Gasteiger partial charge < -0.3 is 15.3 Å². The lowest BCUT2D eigenvalue weighted by molar-refractivity contribution is -0.142. The molecule has 0 aromatic carbocycles. The molecule has 2 amide bonds. The second kappa shape index (κ2) is 5.62. The molecule has 1 rings (SSSR count). The van der Waals surface area contributed by atoms with Crippen molar-refractivity contribution in [2.24, 2.45) is 17.3 Å². The van der Waals surface area contributed by atoms with Gasteiger partial charge in [0.05, 0.1) is 5.92 Å². The zero-order valence-electron chi connectivity index (χ0n) is 13.5. The summed E-state index contributed by atoms with van der Waals surface area (Å²) >= 11 is 0. The summed E-state index contributed by atoms with van der Waals surface area (Å²) < 4.78 is 0. The Morgan fingerprint density at radius 1 is 1.20 bits per heavy atom. The van der Waals surface area contributed by atoms with Crippen molar-refractivity contribution in [2.75, 3.05) is 13.1 Å². The average Bonchev–Trinajstić information content (AvgIpc) is 2.55. The van der Waals surface area contributed by atoms with Crippen LogP contribution in [0, 0.1) is 17.3 Å². The van der Waals surface area contributed by atoms with E-state index in [1.165, 1.54) is 0 Å². The van der Waals surface area contributed by atoms with Crippen molar-refractivity contribution >= 4 is 12.0 Å². The summed E-state index contributed by atoms with van der Waals surface area (Å²) in [5.74, 6) is -1.27. The summed E-state index contributed by atoms with van der Waals surface area (Å²) in [7, 11) is 0. The Bertz CT molecular complexity index is 385. The fraction of sp³-hybridized carbons (Fsp3) is 0.867. The Morgan fingerprint density at radius 2 is 1.75 bits per heavy atom. The highest BCUT2D eigenvalue weighted by Gasteiger charge is 2.38. The number of carbonyl (C=O) groups is 2. The minimum atomic E-state index is -0.818. The van der Waals surface area contributed by atoms with Crippen LogP contribution in [0.1, 0.15) is 48.0 Å². The van der Waals surface area contributed by atoms with Gasteiger partial charge in [0.2, 0.25) is 0 Å². The Balaban J connectivity index is 2.62. The van der Waals surface area contributed by atoms with Crippen molar-refractivity contribution in [1.82, 2.24) is 10.2 Å². The summed E-state index contributed by atoms with van der Waals surface area (Å²) in [6, 6.07) is -0.158. The first-order valence-corrected chi connectivity index (χ1v) is 7.21. The number of likely N-dealkylation sites (tertiary alicyclic amines) is 1. The lowest BCUT2D eigenvalue weighted by Crippen LogP contribution is -2.51. The fourth-order valence-electron chi connectivity index (χ4n) is 3.19. The van der Waals surface area contributed by atoms with Crippen molar-refractivity contribution in [2.45, 2.75) is 53.5 Å². The molecule has 1 fully saturated rings. The van der Waals surface area contributed by atoms with E-state index in [2.05, 4.69) is 26.1 Å². The summed E-state index contributed by atoms with van der Waals surface area (Å²) in [6.45, 7) is 13.1. The second-order valence-electron chi connectivity index (χ2n) is 7.88. The molecule has 2 atom stereocenters. The number of carbonyl (C=O) groups excluding carboxylic acids is 1. The first-order valence-electron chi connectivity index (χ1n) is 7.21. The molecule has 20 heavy (non-hydrogen) atoms. The molecular weight excluding hydrogens is 256 g/mol. The van der Waals surface area contributed by atoms with Crippen LogP contribution in [0.2, 0.25) is 0 Å². The van der Waals surface area contributed by atoms with Crippen LogP contribution in [-0.2, 0) is 4.79 Å². The number of hydrogen-bond acceptors (Lipinski definition) is 2. The van der Waals surface area contributed by atoms with Crippen LogP contribution in [0.4, 0.5) is 4.79 Å². The molecule has 0 spiro atoms. The maximum absolute atomic E-state index is 12.3. The molecule has 1 saturated heterocycles. The molecule has 0 bridgehead atoms. The maximum Gasteiger partial charge on any atom is 0.317 e. The maximum atomic E-state index is 12.3. The number of carboxylic acid groups (broad SMARTS) is 1. The molecule has 0 aliphatic carbocycles. The van der Waals surface area contributed by atoms with Gasteiger partial charge in [0.15, 0.2) is 0 Å². The van der Waals surface area contributed by atoms with E-state index >= 15 is 0 Å². The highest BCUT2D eigenvalue weighted by atomic mass is 16.4. The first-order chi connectivity index (χ1) is 8.91. The van der Waals surface area contributed by atoms with Crippen LogP contribution in [-0.4, -0.2) is 40.6 Å². The van der Waals surface area contributed by atoms with Crippen LogP contribution in [0.15, 0.2) is 0 Å². The van der Waals surface area contributed by atoms with E-state index in [0.29, 0.717) is 13.1 Å². The predicted molar refractivity (Wildman–Crippen MR) is 78.5 cm³/mol. The lowest BCUT2D eigenvalue weighted by atomic mass is 9.82. The van der Waals surface area contributed by atoms with E-state index in [1.807, 2.05) is 20.8 Å². The van der Waals surface area contributed by atoms with Crippen LogP contribution in [0.3, 0.4) is 0 Å². The summed E-state index contributed by atoms with van der Waals surface area (Å²) in [4.78, 5) is 25.0. The number of urea groups is 1. The molecule has 5 nitrogen and oxygen atoms in total. The molecule has 5 heteroatoms. The molecule has 0 unspecified atom stereocenters. The van der Waals surface area contributed by atoms with Crippen LogP contribution in [0.5, 0.6) is 0 Å². The third-order valence-electron chi connectivity index (χ3n) is 3.63. The first kappa shape index (κ1) is 16.8. The normalized spacial score (nSPS) is 23.8. The van der Waals surface area contributed by atoms with Crippen molar-refractivity contribution in [3.05, 3.63) is 0 Å². The SMILES string of the molecule is C[C@@H]1CN(C(=O)NC(C)(C)CC(C)(C)C)C[C@H]1C(=O)O. The van der Waals surface area contributed by atoms with E-state index in [-0.39, 0.29) is 22.9 Å². The minimum Gasteiger partial charge on any atom is -0.481 e. The molecule has 0 aromatic heterocycles. The third kappa shape index (κ3) is 4.69. The smallest absolute Gasteiger partial charge is 0.317 e. The van der Waals surface area contributed by atoms with Gasteiger partial charge in [-0.1, -0.05) is 27.7 Å². The highest BCUT2D eigenvalue weighted by molar-refractivity contribution is 5.78. The number of carboxylic acids is 1. The van der Waals surface area contributed by atoms with E-state index in [1.54, 1.807) is 4.90 Å². The standard InChI is InChI=1S/C15H28N2O3/c1-10-7-17(8-11(10)12(18)19)13(20)16-15(5,6)9-14(2,3)4/h10-11H,7-9H2,1-6H3,(H,16,20)(H,18,19)/t10-,11-/m1/s1. The van der Waals surface area contributed by atoms with E-state index < -0.39 is 11.9 Å². The van der Waals surface area contributed by atoms with E-state index in [0.717, 1.165) is 6.42 Å². The highest BCUT2D eigenvalue weighted by Crippen LogP contribution is 2.28. The molecule has 0 aromatic rings. The molecule has 1 aliphatic rings. The Hall–Kier alpha value is -1.26. The number of nitrogens with zero attached hydrogens (tertiary/aromatic N) is 1. The van der Waals surface area contributed by atoms with Gasteiger partial charge in [-0.15, -0.1) is 0 Å². The molecule has 0 radical (unpaired) electrons. The molecule has 1 aliphatic heterocycles. The molecule has 1 heterocycles. The van der Waals surface area contributed by atoms with Gasteiger partial charge in [-0.3, -0.25) is 4.79 Å².